The van der Waals surface area contributed by atoms with Crippen molar-refractivity contribution < 1.29 is 0 Å². The van der Waals surface area contributed by atoms with Crippen LogP contribution in [0.2, 0.25) is 0 Å². The van der Waals surface area contributed by atoms with Crippen LogP contribution in [0.25, 0.3) is 0 Å². The van der Waals surface area contributed by atoms with Crippen molar-refractivity contribution in [2.75, 3.05) is 36.8 Å². The second kappa shape index (κ2) is 3.94. The monoisotopic (exact) mass is 218 g/mol. The first-order valence-corrected chi connectivity index (χ1v) is 6.03. The van der Waals surface area contributed by atoms with Crippen LogP contribution in [0, 0.1) is 0 Å². The molecule has 16 heavy (non-hydrogen) atoms. The third-order valence-electron chi connectivity index (χ3n) is 3.68. The standard InChI is InChI=1S/C12H18N4/c13-10-3-4-12(14-8-10)16-7-6-15-5-1-2-11(15)9-16/h3-4,8,11H,1-2,5-7,9,13H2. The lowest BCUT2D eigenvalue weighted by Gasteiger charge is -2.38. The molecule has 3 rings (SSSR count). The third-order valence-corrected chi connectivity index (χ3v) is 3.68. The average molecular weight is 218 g/mol. The van der Waals surface area contributed by atoms with E-state index in [0.29, 0.717) is 0 Å². The molecule has 4 heteroatoms. The molecule has 2 aliphatic rings. The molecule has 0 saturated carbocycles. The van der Waals surface area contributed by atoms with E-state index in [1.54, 1.807) is 6.20 Å². The summed E-state index contributed by atoms with van der Waals surface area (Å²) >= 11 is 0. The molecule has 2 aliphatic heterocycles. The molecule has 1 unspecified atom stereocenters. The maximum absolute atomic E-state index is 5.65. The Morgan fingerprint density at radius 3 is 3.00 bits per heavy atom. The van der Waals surface area contributed by atoms with Crippen molar-refractivity contribution in [2.45, 2.75) is 18.9 Å². The van der Waals surface area contributed by atoms with E-state index in [2.05, 4.69) is 14.8 Å². The van der Waals surface area contributed by atoms with Crippen LogP contribution in [0.15, 0.2) is 18.3 Å². The zero-order valence-corrected chi connectivity index (χ0v) is 9.47. The van der Waals surface area contributed by atoms with Crippen LogP contribution >= 0.6 is 0 Å². The minimum absolute atomic E-state index is 0.739. The predicted octanol–water partition coefficient (Wildman–Crippen LogP) is 0.948. The van der Waals surface area contributed by atoms with E-state index in [4.69, 9.17) is 5.73 Å². The molecule has 2 saturated heterocycles. The molecule has 0 aliphatic carbocycles. The van der Waals surface area contributed by atoms with Crippen LogP contribution in [0.4, 0.5) is 11.5 Å². The summed E-state index contributed by atoms with van der Waals surface area (Å²) in [5.74, 6) is 1.07. The summed E-state index contributed by atoms with van der Waals surface area (Å²) in [6, 6.07) is 4.71. The largest absolute Gasteiger partial charge is 0.397 e. The van der Waals surface area contributed by atoms with Gasteiger partial charge in [-0.25, -0.2) is 4.98 Å². The number of hydrogen-bond acceptors (Lipinski definition) is 4. The quantitative estimate of drug-likeness (QED) is 0.762. The predicted molar refractivity (Wildman–Crippen MR) is 65.5 cm³/mol. The minimum Gasteiger partial charge on any atom is -0.397 e. The molecule has 0 bridgehead atoms. The molecule has 1 atom stereocenters. The van der Waals surface area contributed by atoms with Crippen LogP contribution in [-0.4, -0.2) is 42.1 Å². The van der Waals surface area contributed by atoms with E-state index in [1.807, 2.05) is 12.1 Å². The highest BCUT2D eigenvalue weighted by atomic mass is 15.3. The summed E-state index contributed by atoms with van der Waals surface area (Å²) in [6.07, 6.45) is 4.44. The summed E-state index contributed by atoms with van der Waals surface area (Å²) in [5, 5.41) is 0. The van der Waals surface area contributed by atoms with E-state index in [0.717, 1.165) is 30.6 Å². The number of nitrogens with zero attached hydrogens (tertiary/aromatic N) is 3. The Kier molecular flexibility index (Phi) is 2.44. The van der Waals surface area contributed by atoms with Gasteiger partial charge in [0, 0.05) is 25.7 Å². The first-order valence-electron chi connectivity index (χ1n) is 6.03. The lowest BCUT2D eigenvalue weighted by molar-refractivity contribution is 0.230. The van der Waals surface area contributed by atoms with Crippen LogP contribution < -0.4 is 10.6 Å². The Labute approximate surface area is 96.1 Å². The van der Waals surface area contributed by atoms with Gasteiger partial charge in [0.25, 0.3) is 0 Å². The Morgan fingerprint density at radius 2 is 2.19 bits per heavy atom. The third kappa shape index (κ3) is 1.73. The number of hydrogen-bond donors (Lipinski definition) is 1. The van der Waals surface area contributed by atoms with Gasteiger partial charge in [-0.05, 0) is 31.5 Å². The zero-order valence-electron chi connectivity index (χ0n) is 9.47. The number of fused-ring (bicyclic) bond motifs is 1. The highest BCUT2D eigenvalue weighted by Gasteiger charge is 2.30. The van der Waals surface area contributed by atoms with Crippen molar-refractivity contribution in [3.63, 3.8) is 0 Å². The molecule has 86 valence electrons. The Balaban J connectivity index is 1.74. The highest BCUT2D eigenvalue weighted by molar-refractivity contribution is 5.46. The molecule has 0 radical (unpaired) electrons. The van der Waals surface area contributed by atoms with Gasteiger partial charge in [0.05, 0.1) is 11.9 Å². The van der Waals surface area contributed by atoms with Gasteiger partial charge in [-0.15, -0.1) is 0 Å². The fourth-order valence-corrected chi connectivity index (χ4v) is 2.78. The van der Waals surface area contributed by atoms with Gasteiger partial charge >= 0.3 is 0 Å². The second-order valence-corrected chi connectivity index (χ2v) is 4.73. The topological polar surface area (TPSA) is 45.4 Å². The maximum atomic E-state index is 5.65. The molecular formula is C12H18N4. The van der Waals surface area contributed by atoms with E-state index in [-0.39, 0.29) is 0 Å². The van der Waals surface area contributed by atoms with Gasteiger partial charge in [0.15, 0.2) is 0 Å². The summed E-state index contributed by atoms with van der Waals surface area (Å²) in [6.45, 7) is 4.68. The number of rotatable bonds is 1. The molecule has 3 heterocycles. The number of anilines is 2. The van der Waals surface area contributed by atoms with Gasteiger partial charge in [0.2, 0.25) is 0 Å². The van der Waals surface area contributed by atoms with Crippen molar-refractivity contribution in [3.05, 3.63) is 18.3 Å². The van der Waals surface area contributed by atoms with E-state index in [9.17, 15) is 0 Å². The van der Waals surface area contributed by atoms with Crippen molar-refractivity contribution in [1.29, 1.82) is 0 Å². The second-order valence-electron chi connectivity index (χ2n) is 4.73. The molecule has 4 nitrogen and oxygen atoms in total. The first-order chi connectivity index (χ1) is 7.83. The van der Waals surface area contributed by atoms with Gasteiger partial charge in [0.1, 0.15) is 5.82 Å². The first kappa shape index (κ1) is 9.90. The van der Waals surface area contributed by atoms with Gasteiger partial charge in [-0.1, -0.05) is 0 Å². The van der Waals surface area contributed by atoms with Crippen molar-refractivity contribution >= 4 is 11.5 Å². The van der Waals surface area contributed by atoms with Gasteiger partial charge < -0.3 is 10.6 Å². The molecule has 1 aromatic heterocycles. The zero-order chi connectivity index (χ0) is 11.0. The highest BCUT2D eigenvalue weighted by Crippen LogP contribution is 2.24. The molecule has 2 N–H and O–H groups in total. The Bertz CT molecular complexity index is 362. The van der Waals surface area contributed by atoms with E-state index >= 15 is 0 Å². The van der Waals surface area contributed by atoms with E-state index in [1.165, 1.54) is 25.9 Å². The van der Waals surface area contributed by atoms with Crippen LogP contribution in [0.1, 0.15) is 12.8 Å². The van der Waals surface area contributed by atoms with Crippen molar-refractivity contribution in [2.24, 2.45) is 0 Å². The smallest absolute Gasteiger partial charge is 0.128 e. The molecule has 2 fully saturated rings. The number of aromatic nitrogens is 1. The van der Waals surface area contributed by atoms with Gasteiger partial charge in [-0.2, -0.15) is 0 Å². The fraction of sp³-hybridized carbons (Fsp3) is 0.583. The van der Waals surface area contributed by atoms with E-state index < -0.39 is 0 Å². The lowest BCUT2D eigenvalue weighted by Crippen LogP contribution is -2.50. The van der Waals surface area contributed by atoms with Crippen LogP contribution in [0.3, 0.4) is 0 Å². The molecule has 0 amide bonds. The van der Waals surface area contributed by atoms with Crippen LogP contribution in [-0.2, 0) is 0 Å². The summed E-state index contributed by atoms with van der Waals surface area (Å²) in [7, 11) is 0. The maximum Gasteiger partial charge on any atom is 0.128 e. The average Bonchev–Trinajstić information content (AvgIpc) is 2.77. The fourth-order valence-electron chi connectivity index (χ4n) is 2.78. The minimum atomic E-state index is 0.739. The van der Waals surface area contributed by atoms with Crippen LogP contribution in [0.5, 0.6) is 0 Å². The number of nitrogens with two attached hydrogens (primary N) is 1. The normalized spacial score (nSPS) is 25.8. The number of pyridine rings is 1. The lowest BCUT2D eigenvalue weighted by atomic mass is 10.1. The Hall–Kier alpha value is -1.29. The SMILES string of the molecule is Nc1ccc(N2CCN3CCCC3C2)nc1. The number of nitrogen functional groups attached to an aromatic ring is 1. The molecule has 1 aromatic rings. The van der Waals surface area contributed by atoms with Crippen molar-refractivity contribution in [3.8, 4) is 0 Å². The molecule has 0 spiro atoms. The van der Waals surface area contributed by atoms with Crippen molar-refractivity contribution in [1.82, 2.24) is 9.88 Å². The number of piperazine rings is 1. The molecular weight excluding hydrogens is 200 g/mol. The van der Waals surface area contributed by atoms with Gasteiger partial charge in [-0.3, -0.25) is 4.90 Å². The summed E-state index contributed by atoms with van der Waals surface area (Å²) < 4.78 is 0. The summed E-state index contributed by atoms with van der Waals surface area (Å²) in [4.78, 5) is 9.38. The Morgan fingerprint density at radius 1 is 1.25 bits per heavy atom. The molecule has 0 aromatic carbocycles. The summed E-state index contributed by atoms with van der Waals surface area (Å²) in [5.41, 5.74) is 6.39.